The van der Waals surface area contributed by atoms with Gasteiger partial charge in [-0.15, -0.1) is 0 Å². The number of hydrogen-bond donors (Lipinski definition) is 0. The molecule has 25 heavy (non-hydrogen) atoms. The summed E-state index contributed by atoms with van der Waals surface area (Å²) in [4.78, 5) is 16.3. The van der Waals surface area contributed by atoms with E-state index < -0.39 is 11.8 Å². The lowest BCUT2D eigenvalue weighted by Crippen LogP contribution is -2.05. The predicted molar refractivity (Wildman–Crippen MR) is 91.2 cm³/mol. The van der Waals surface area contributed by atoms with Gasteiger partial charge in [-0.25, -0.2) is 14.2 Å². The number of para-hydroxylation sites is 1. The van der Waals surface area contributed by atoms with E-state index in [1.807, 2.05) is 6.92 Å². The van der Waals surface area contributed by atoms with Crippen LogP contribution in [0.25, 0.3) is 6.08 Å². The number of carbonyl (C=O) groups excluding carboxylic acids is 1. The van der Waals surface area contributed by atoms with E-state index in [0.717, 1.165) is 0 Å². The Balaban J connectivity index is 2.00. The highest BCUT2D eigenvalue weighted by Gasteiger charge is 2.25. The summed E-state index contributed by atoms with van der Waals surface area (Å²) in [5, 5.41) is 0. The fourth-order valence-electron chi connectivity index (χ4n) is 2.41. The molecule has 128 valence electrons. The maximum atomic E-state index is 13.3. The summed E-state index contributed by atoms with van der Waals surface area (Å²) < 4.78 is 29.4. The molecule has 6 heteroatoms. The van der Waals surface area contributed by atoms with Gasteiger partial charge in [0.15, 0.2) is 17.2 Å². The summed E-state index contributed by atoms with van der Waals surface area (Å²) in [5.74, 6) is 0.0975. The first-order chi connectivity index (χ1) is 12.1. The van der Waals surface area contributed by atoms with Crippen molar-refractivity contribution in [3.8, 4) is 11.5 Å². The summed E-state index contributed by atoms with van der Waals surface area (Å²) in [6, 6.07) is 11.0. The van der Waals surface area contributed by atoms with Crippen LogP contribution in [0.1, 0.15) is 18.1 Å². The smallest absolute Gasteiger partial charge is 0.363 e. The van der Waals surface area contributed by atoms with E-state index in [-0.39, 0.29) is 11.6 Å². The van der Waals surface area contributed by atoms with Gasteiger partial charge in [0.1, 0.15) is 5.82 Å². The van der Waals surface area contributed by atoms with E-state index in [2.05, 4.69) is 4.99 Å². The van der Waals surface area contributed by atoms with Gasteiger partial charge in [0.05, 0.1) is 13.7 Å². The zero-order chi connectivity index (χ0) is 17.8. The molecule has 0 atom stereocenters. The quantitative estimate of drug-likeness (QED) is 0.616. The first-order valence-corrected chi connectivity index (χ1v) is 7.70. The van der Waals surface area contributed by atoms with E-state index in [9.17, 15) is 9.18 Å². The molecule has 1 heterocycles. The number of carbonyl (C=O) groups is 1. The number of nitrogens with zero attached hydrogens (tertiary/aromatic N) is 1. The van der Waals surface area contributed by atoms with Crippen LogP contribution >= 0.6 is 0 Å². The lowest BCUT2D eigenvalue weighted by Gasteiger charge is -2.11. The molecular formula is C19H16FNO4. The summed E-state index contributed by atoms with van der Waals surface area (Å²) in [5.41, 5.74) is 1.14. The number of halogens is 1. The molecule has 0 saturated carbocycles. The van der Waals surface area contributed by atoms with Gasteiger partial charge in [-0.2, -0.15) is 0 Å². The van der Waals surface area contributed by atoms with E-state index in [0.29, 0.717) is 29.2 Å². The fourth-order valence-corrected chi connectivity index (χ4v) is 2.41. The van der Waals surface area contributed by atoms with Crippen LogP contribution in [0, 0.1) is 5.82 Å². The summed E-state index contributed by atoms with van der Waals surface area (Å²) in [7, 11) is 1.54. The van der Waals surface area contributed by atoms with Crippen LogP contribution < -0.4 is 9.47 Å². The molecule has 5 nitrogen and oxygen atoms in total. The minimum Gasteiger partial charge on any atom is -0.493 e. The SMILES string of the molecule is CCOc1c(/C=C2\N=C(c3cccc(F)c3)OC2=O)cccc1OC. The molecule has 3 rings (SSSR count). The van der Waals surface area contributed by atoms with Crippen molar-refractivity contribution in [2.45, 2.75) is 6.92 Å². The second kappa shape index (κ2) is 7.17. The van der Waals surface area contributed by atoms with E-state index >= 15 is 0 Å². The number of methoxy groups -OCH3 is 1. The van der Waals surface area contributed by atoms with Crippen LogP contribution in [0.5, 0.6) is 11.5 Å². The van der Waals surface area contributed by atoms with Crippen molar-refractivity contribution in [3.63, 3.8) is 0 Å². The predicted octanol–water partition coefficient (Wildman–Crippen LogP) is 3.58. The maximum Gasteiger partial charge on any atom is 0.363 e. The zero-order valence-corrected chi connectivity index (χ0v) is 13.8. The van der Waals surface area contributed by atoms with E-state index in [1.54, 1.807) is 37.5 Å². The second-order valence-corrected chi connectivity index (χ2v) is 5.16. The molecule has 0 fully saturated rings. The number of cyclic esters (lactones) is 1. The second-order valence-electron chi connectivity index (χ2n) is 5.16. The molecule has 0 aliphatic carbocycles. The molecule has 2 aromatic carbocycles. The summed E-state index contributed by atoms with van der Waals surface area (Å²) >= 11 is 0. The third-order valence-electron chi connectivity index (χ3n) is 3.50. The van der Waals surface area contributed by atoms with Crippen molar-refractivity contribution in [1.29, 1.82) is 0 Å². The highest BCUT2D eigenvalue weighted by molar-refractivity contribution is 6.13. The number of esters is 1. The number of rotatable bonds is 5. The standard InChI is InChI=1S/C19H16FNO4/c1-3-24-17-12(6-5-9-16(17)23-2)11-15-19(22)25-18(21-15)13-7-4-8-14(20)10-13/h4-11H,3H2,1-2H3/b15-11-. The lowest BCUT2D eigenvalue weighted by molar-refractivity contribution is -0.129. The minimum absolute atomic E-state index is 0.0663. The van der Waals surface area contributed by atoms with Gasteiger partial charge >= 0.3 is 5.97 Å². The number of ether oxygens (including phenoxy) is 3. The number of aliphatic imine (C=N–C) groups is 1. The third kappa shape index (κ3) is 3.52. The zero-order valence-electron chi connectivity index (χ0n) is 13.8. The molecule has 0 saturated heterocycles. The van der Waals surface area contributed by atoms with Gasteiger partial charge < -0.3 is 14.2 Å². The van der Waals surface area contributed by atoms with Crippen molar-refractivity contribution in [1.82, 2.24) is 0 Å². The van der Waals surface area contributed by atoms with Crippen LogP contribution in [0.15, 0.2) is 53.2 Å². The first-order valence-electron chi connectivity index (χ1n) is 7.70. The summed E-state index contributed by atoms with van der Waals surface area (Å²) in [6.07, 6.45) is 1.56. The Labute approximate surface area is 144 Å². The summed E-state index contributed by atoms with van der Waals surface area (Å²) in [6.45, 7) is 2.30. The van der Waals surface area contributed by atoms with Crippen LogP contribution in [-0.2, 0) is 9.53 Å². The van der Waals surface area contributed by atoms with Gasteiger partial charge in [0.2, 0.25) is 5.90 Å². The maximum absolute atomic E-state index is 13.3. The van der Waals surface area contributed by atoms with Crippen LogP contribution in [0.3, 0.4) is 0 Å². The molecule has 0 N–H and O–H groups in total. The molecule has 0 amide bonds. The molecule has 0 radical (unpaired) electrons. The Morgan fingerprint density at radius 1 is 1.24 bits per heavy atom. The lowest BCUT2D eigenvalue weighted by atomic mass is 10.1. The Kier molecular flexibility index (Phi) is 4.79. The van der Waals surface area contributed by atoms with Crippen molar-refractivity contribution in [3.05, 3.63) is 65.1 Å². The highest BCUT2D eigenvalue weighted by atomic mass is 19.1. The van der Waals surface area contributed by atoms with Crippen molar-refractivity contribution >= 4 is 17.9 Å². The van der Waals surface area contributed by atoms with Crippen molar-refractivity contribution in [2.24, 2.45) is 4.99 Å². The Morgan fingerprint density at radius 3 is 2.76 bits per heavy atom. The third-order valence-corrected chi connectivity index (χ3v) is 3.50. The molecular weight excluding hydrogens is 325 g/mol. The molecule has 0 bridgehead atoms. The monoisotopic (exact) mass is 341 g/mol. The van der Waals surface area contributed by atoms with Gasteiger partial charge in [-0.1, -0.05) is 18.2 Å². The molecule has 2 aromatic rings. The van der Waals surface area contributed by atoms with Gasteiger partial charge in [-0.05, 0) is 37.3 Å². The molecule has 1 aliphatic heterocycles. The minimum atomic E-state index is -0.607. The largest absolute Gasteiger partial charge is 0.493 e. The van der Waals surface area contributed by atoms with E-state index in [1.165, 1.54) is 18.2 Å². The topological polar surface area (TPSA) is 57.1 Å². The first kappa shape index (κ1) is 16.7. The normalized spacial score (nSPS) is 15.1. The van der Waals surface area contributed by atoms with Crippen LogP contribution in [0.4, 0.5) is 4.39 Å². The molecule has 0 aromatic heterocycles. The Morgan fingerprint density at radius 2 is 2.04 bits per heavy atom. The number of benzene rings is 2. The van der Waals surface area contributed by atoms with Crippen molar-refractivity contribution < 1.29 is 23.4 Å². The van der Waals surface area contributed by atoms with Gasteiger partial charge in [0, 0.05) is 11.1 Å². The van der Waals surface area contributed by atoms with Crippen LogP contribution in [0.2, 0.25) is 0 Å². The van der Waals surface area contributed by atoms with Crippen molar-refractivity contribution in [2.75, 3.05) is 13.7 Å². The van der Waals surface area contributed by atoms with Gasteiger partial charge in [-0.3, -0.25) is 0 Å². The average molecular weight is 341 g/mol. The number of hydrogen-bond acceptors (Lipinski definition) is 5. The Bertz CT molecular complexity index is 873. The molecule has 0 unspecified atom stereocenters. The fraction of sp³-hybridized carbons (Fsp3) is 0.158. The molecule has 1 aliphatic rings. The Hall–Kier alpha value is -3.15. The van der Waals surface area contributed by atoms with Crippen LogP contribution in [-0.4, -0.2) is 25.6 Å². The average Bonchev–Trinajstić information content (AvgIpc) is 2.97. The van der Waals surface area contributed by atoms with E-state index in [4.69, 9.17) is 14.2 Å². The van der Waals surface area contributed by atoms with Gasteiger partial charge in [0.25, 0.3) is 0 Å². The molecule has 0 spiro atoms. The highest BCUT2D eigenvalue weighted by Crippen LogP contribution is 2.33.